The second-order valence-electron chi connectivity index (χ2n) is 5.02. The number of rotatable bonds is 3. The lowest BCUT2D eigenvalue weighted by atomic mass is 10.0. The monoisotopic (exact) mass is 274 g/mol. The molecule has 0 spiro atoms. The van der Waals surface area contributed by atoms with E-state index >= 15 is 0 Å². The summed E-state index contributed by atoms with van der Waals surface area (Å²) < 4.78 is 20.2. The molecule has 0 radical (unpaired) electrons. The van der Waals surface area contributed by atoms with Crippen LogP contribution in [0.5, 0.6) is 0 Å². The average molecular weight is 274 g/mol. The first-order valence-corrected chi connectivity index (χ1v) is 6.58. The molecule has 0 saturated carbocycles. The molecule has 20 heavy (non-hydrogen) atoms. The summed E-state index contributed by atoms with van der Waals surface area (Å²) in [7, 11) is 0. The van der Waals surface area contributed by atoms with Crippen LogP contribution in [0.1, 0.15) is 34.0 Å². The zero-order valence-electron chi connectivity index (χ0n) is 11.2. The van der Waals surface area contributed by atoms with Crippen molar-refractivity contribution >= 4 is 6.29 Å². The molecule has 1 saturated heterocycles. The summed E-state index contributed by atoms with van der Waals surface area (Å²) in [6.45, 7) is 3.12. The van der Waals surface area contributed by atoms with Gasteiger partial charge >= 0.3 is 0 Å². The Labute approximate surface area is 116 Å². The Bertz CT molecular complexity index is 645. The number of hydrogen-bond donors (Lipinski definition) is 0. The summed E-state index contributed by atoms with van der Waals surface area (Å²) >= 11 is 0. The Morgan fingerprint density at radius 1 is 1.50 bits per heavy atom. The van der Waals surface area contributed by atoms with Crippen molar-refractivity contribution in [3.05, 3.63) is 47.0 Å². The first kappa shape index (κ1) is 13.0. The number of aromatic nitrogens is 2. The molecular formula is C15H15FN2O2. The first-order chi connectivity index (χ1) is 9.69. The minimum Gasteiger partial charge on any atom is -0.381 e. The zero-order valence-corrected chi connectivity index (χ0v) is 11.2. The van der Waals surface area contributed by atoms with Crippen molar-refractivity contribution in [2.75, 3.05) is 13.2 Å². The van der Waals surface area contributed by atoms with Crippen molar-refractivity contribution in [3.8, 4) is 5.69 Å². The molecule has 0 amide bonds. The number of carbonyl (C=O) groups excluding carboxylic acids is 1. The quantitative estimate of drug-likeness (QED) is 0.808. The maximum atomic E-state index is 13.2. The second-order valence-corrected chi connectivity index (χ2v) is 5.02. The van der Waals surface area contributed by atoms with Crippen LogP contribution in [0.3, 0.4) is 0 Å². The molecule has 1 aliphatic heterocycles. The molecule has 3 rings (SSSR count). The van der Waals surface area contributed by atoms with Crippen LogP contribution in [0, 0.1) is 12.7 Å². The third kappa shape index (κ3) is 2.25. The third-order valence-corrected chi connectivity index (χ3v) is 3.62. The summed E-state index contributed by atoms with van der Waals surface area (Å²) in [5, 5.41) is 4.51. The molecule has 1 unspecified atom stereocenters. The number of aldehydes is 1. The van der Waals surface area contributed by atoms with E-state index in [1.807, 2.05) is 6.92 Å². The normalized spacial score (nSPS) is 18.4. The molecule has 0 N–H and O–H groups in total. The van der Waals surface area contributed by atoms with E-state index in [0.29, 0.717) is 18.8 Å². The molecule has 104 valence electrons. The summed E-state index contributed by atoms with van der Waals surface area (Å²) in [5.41, 5.74) is 2.89. The summed E-state index contributed by atoms with van der Waals surface area (Å²) in [6, 6.07) is 4.51. The predicted octanol–water partition coefficient (Wildman–Crippen LogP) is 2.64. The maximum Gasteiger partial charge on any atom is 0.153 e. The average Bonchev–Trinajstić information content (AvgIpc) is 3.07. The van der Waals surface area contributed by atoms with Crippen LogP contribution >= 0.6 is 0 Å². The standard InChI is InChI=1S/C15H15FN2O2/c1-10-6-13(16)2-3-14(10)18-7-12(8-19)15(17-18)11-4-5-20-9-11/h2-3,6-8,11H,4-5,9H2,1H3. The van der Waals surface area contributed by atoms with E-state index in [4.69, 9.17) is 4.74 Å². The van der Waals surface area contributed by atoms with Crippen LogP contribution in [0.2, 0.25) is 0 Å². The number of nitrogens with zero attached hydrogens (tertiary/aromatic N) is 2. The lowest BCUT2D eigenvalue weighted by Crippen LogP contribution is -2.03. The van der Waals surface area contributed by atoms with Gasteiger partial charge in [-0.1, -0.05) is 0 Å². The van der Waals surface area contributed by atoms with Crippen LogP contribution in [0.15, 0.2) is 24.4 Å². The molecule has 1 aromatic carbocycles. The molecular weight excluding hydrogens is 259 g/mol. The molecule has 5 heteroatoms. The molecule has 1 aliphatic rings. The lowest BCUT2D eigenvalue weighted by molar-refractivity contribution is 0.112. The summed E-state index contributed by atoms with van der Waals surface area (Å²) in [5.74, 6) is -0.115. The summed E-state index contributed by atoms with van der Waals surface area (Å²) in [6.07, 6.45) is 3.39. The van der Waals surface area contributed by atoms with E-state index in [2.05, 4.69) is 5.10 Å². The third-order valence-electron chi connectivity index (χ3n) is 3.62. The van der Waals surface area contributed by atoms with E-state index < -0.39 is 0 Å². The molecule has 0 bridgehead atoms. The Hall–Kier alpha value is -2.01. The van der Waals surface area contributed by atoms with Gasteiger partial charge in [0, 0.05) is 18.7 Å². The highest BCUT2D eigenvalue weighted by Crippen LogP contribution is 2.27. The molecule has 0 aliphatic carbocycles. The number of carbonyl (C=O) groups is 1. The van der Waals surface area contributed by atoms with Crippen LogP contribution < -0.4 is 0 Å². The van der Waals surface area contributed by atoms with Gasteiger partial charge in [-0.15, -0.1) is 0 Å². The van der Waals surface area contributed by atoms with Crippen molar-refractivity contribution in [1.82, 2.24) is 9.78 Å². The second kappa shape index (κ2) is 5.17. The number of benzene rings is 1. The topological polar surface area (TPSA) is 44.1 Å². The van der Waals surface area contributed by atoms with Gasteiger partial charge in [0.2, 0.25) is 0 Å². The molecule has 1 fully saturated rings. The smallest absolute Gasteiger partial charge is 0.153 e. The fourth-order valence-electron chi connectivity index (χ4n) is 2.56. The van der Waals surface area contributed by atoms with Crippen LogP contribution in [0.25, 0.3) is 5.69 Å². The molecule has 1 atom stereocenters. The van der Waals surface area contributed by atoms with E-state index in [1.165, 1.54) is 12.1 Å². The van der Waals surface area contributed by atoms with Crippen LogP contribution in [-0.4, -0.2) is 29.3 Å². The molecule has 4 nitrogen and oxygen atoms in total. The van der Waals surface area contributed by atoms with Gasteiger partial charge in [0.25, 0.3) is 0 Å². The Morgan fingerprint density at radius 2 is 2.35 bits per heavy atom. The number of aryl methyl sites for hydroxylation is 1. The number of halogens is 1. The minimum atomic E-state index is -0.279. The predicted molar refractivity (Wildman–Crippen MR) is 71.8 cm³/mol. The highest BCUT2D eigenvalue weighted by atomic mass is 19.1. The van der Waals surface area contributed by atoms with Crippen molar-refractivity contribution in [1.29, 1.82) is 0 Å². The lowest BCUT2D eigenvalue weighted by Gasteiger charge is -2.06. The van der Waals surface area contributed by atoms with Crippen molar-refractivity contribution in [2.45, 2.75) is 19.3 Å². The SMILES string of the molecule is Cc1cc(F)ccc1-n1cc(C=O)c(C2CCOC2)n1. The number of hydrogen-bond acceptors (Lipinski definition) is 3. The van der Waals surface area contributed by atoms with Crippen LogP contribution in [-0.2, 0) is 4.74 Å². The van der Waals surface area contributed by atoms with Gasteiger partial charge in [0.1, 0.15) is 5.82 Å². The number of ether oxygens (including phenoxy) is 1. The van der Waals surface area contributed by atoms with Gasteiger partial charge < -0.3 is 4.74 Å². The van der Waals surface area contributed by atoms with Gasteiger partial charge in [-0.25, -0.2) is 9.07 Å². The molecule has 2 aromatic rings. The Kier molecular flexibility index (Phi) is 3.36. The highest BCUT2D eigenvalue weighted by Gasteiger charge is 2.24. The van der Waals surface area contributed by atoms with Gasteiger partial charge in [-0.2, -0.15) is 5.10 Å². The van der Waals surface area contributed by atoms with Gasteiger partial charge in [-0.05, 0) is 37.1 Å². The first-order valence-electron chi connectivity index (χ1n) is 6.58. The highest BCUT2D eigenvalue weighted by molar-refractivity contribution is 5.76. The van der Waals surface area contributed by atoms with E-state index in [1.54, 1.807) is 16.9 Å². The van der Waals surface area contributed by atoms with Crippen molar-refractivity contribution in [3.63, 3.8) is 0 Å². The van der Waals surface area contributed by atoms with Crippen LogP contribution in [0.4, 0.5) is 4.39 Å². The fourth-order valence-corrected chi connectivity index (χ4v) is 2.56. The minimum absolute atomic E-state index is 0.164. The van der Waals surface area contributed by atoms with E-state index in [9.17, 15) is 9.18 Å². The Balaban J connectivity index is 2.04. The van der Waals surface area contributed by atoms with Gasteiger partial charge in [0.05, 0.1) is 23.6 Å². The fraction of sp³-hybridized carbons (Fsp3) is 0.333. The van der Waals surface area contributed by atoms with E-state index in [0.717, 1.165) is 29.7 Å². The van der Waals surface area contributed by atoms with Gasteiger partial charge in [-0.3, -0.25) is 4.79 Å². The van der Waals surface area contributed by atoms with Gasteiger partial charge in [0.15, 0.2) is 6.29 Å². The Morgan fingerprint density at radius 3 is 3.00 bits per heavy atom. The zero-order chi connectivity index (χ0) is 14.1. The maximum absolute atomic E-state index is 13.2. The largest absolute Gasteiger partial charge is 0.381 e. The van der Waals surface area contributed by atoms with Crippen molar-refractivity contribution in [2.24, 2.45) is 0 Å². The summed E-state index contributed by atoms with van der Waals surface area (Å²) in [4.78, 5) is 11.2. The molecule has 1 aromatic heterocycles. The van der Waals surface area contributed by atoms with Crippen molar-refractivity contribution < 1.29 is 13.9 Å². The van der Waals surface area contributed by atoms with E-state index in [-0.39, 0.29) is 11.7 Å². The molecule has 2 heterocycles.